The Hall–Kier alpha value is -2.41. The first-order chi connectivity index (χ1) is 12.0. The lowest BCUT2D eigenvalue weighted by Crippen LogP contribution is -2.08. The van der Waals surface area contributed by atoms with Crippen LogP contribution in [0, 0.1) is 0 Å². The van der Waals surface area contributed by atoms with Gasteiger partial charge in [0.2, 0.25) is 0 Å². The van der Waals surface area contributed by atoms with Crippen LogP contribution >= 0.6 is 11.3 Å². The summed E-state index contributed by atoms with van der Waals surface area (Å²) in [5.41, 5.74) is 1.59. The van der Waals surface area contributed by atoms with Crippen molar-refractivity contribution in [3.05, 3.63) is 64.9 Å². The van der Waals surface area contributed by atoms with Crippen LogP contribution in [0.4, 0.5) is 13.2 Å². The molecule has 0 bridgehead atoms. The van der Waals surface area contributed by atoms with E-state index in [9.17, 15) is 13.2 Å². The van der Waals surface area contributed by atoms with Gasteiger partial charge in [0, 0.05) is 17.1 Å². The molecule has 0 fully saturated rings. The SMILES string of the molecule is COc1ccc(-c2nc(CCc3ccnc(C(F)(F)F)c3)cs2)cc1. The number of thiazole rings is 1. The van der Waals surface area contributed by atoms with Crippen LogP contribution in [0.1, 0.15) is 17.0 Å². The zero-order valence-corrected chi connectivity index (χ0v) is 14.2. The second kappa shape index (κ2) is 7.23. The number of halogens is 3. The molecule has 2 aromatic heterocycles. The fourth-order valence-electron chi connectivity index (χ4n) is 2.35. The first kappa shape index (κ1) is 17.4. The minimum Gasteiger partial charge on any atom is -0.497 e. The quantitative estimate of drug-likeness (QED) is 0.638. The second-order valence-electron chi connectivity index (χ2n) is 5.42. The van der Waals surface area contributed by atoms with Crippen molar-refractivity contribution < 1.29 is 17.9 Å². The van der Waals surface area contributed by atoms with Crippen molar-refractivity contribution in [2.24, 2.45) is 0 Å². The molecule has 0 saturated carbocycles. The van der Waals surface area contributed by atoms with E-state index in [2.05, 4.69) is 9.97 Å². The highest BCUT2D eigenvalue weighted by Crippen LogP contribution is 2.29. The predicted molar refractivity (Wildman–Crippen MR) is 90.7 cm³/mol. The summed E-state index contributed by atoms with van der Waals surface area (Å²) in [6, 6.07) is 10.3. The van der Waals surface area contributed by atoms with E-state index in [1.807, 2.05) is 29.6 Å². The van der Waals surface area contributed by atoms with Crippen LogP contribution in [0.25, 0.3) is 10.6 Å². The van der Waals surface area contributed by atoms with Crippen LogP contribution in [0.3, 0.4) is 0 Å². The number of hydrogen-bond donors (Lipinski definition) is 0. The second-order valence-corrected chi connectivity index (χ2v) is 6.28. The van der Waals surface area contributed by atoms with Gasteiger partial charge in [0.25, 0.3) is 0 Å². The maximum Gasteiger partial charge on any atom is 0.433 e. The van der Waals surface area contributed by atoms with Crippen LogP contribution < -0.4 is 4.74 Å². The standard InChI is InChI=1S/C18H15F3N2OS/c1-24-15-6-3-13(4-7-15)17-23-14(11-25-17)5-2-12-8-9-22-16(10-12)18(19,20)21/h3-4,6-11H,2,5H2,1H3. The molecule has 1 aromatic carbocycles. The van der Waals surface area contributed by atoms with Crippen molar-refractivity contribution in [1.29, 1.82) is 0 Å². The molecule has 2 heterocycles. The zero-order chi connectivity index (χ0) is 17.9. The molecule has 0 saturated heterocycles. The Bertz CT molecular complexity index is 844. The maximum atomic E-state index is 12.7. The molecule has 0 aliphatic carbocycles. The number of rotatable bonds is 5. The lowest BCUT2D eigenvalue weighted by Gasteiger charge is -2.07. The van der Waals surface area contributed by atoms with E-state index in [-0.39, 0.29) is 0 Å². The van der Waals surface area contributed by atoms with Crippen LogP contribution in [0.15, 0.2) is 48.0 Å². The summed E-state index contributed by atoms with van der Waals surface area (Å²) < 4.78 is 43.2. The van der Waals surface area contributed by atoms with Crippen LogP contribution in [0.5, 0.6) is 5.75 Å². The summed E-state index contributed by atoms with van der Waals surface area (Å²) in [4.78, 5) is 7.94. The third kappa shape index (κ3) is 4.36. The van der Waals surface area contributed by atoms with E-state index in [0.29, 0.717) is 18.4 Å². The highest BCUT2D eigenvalue weighted by molar-refractivity contribution is 7.13. The summed E-state index contributed by atoms with van der Waals surface area (Å²) in [6.07, 6.45) is -2.16. The van der Waals surface area contributed by atoms with E-state index in [1.165, 1.54) is 17.5 Å². The predicted octanol–water partition coefficient (Wildman–Crippen LogP) is 5.02. The largest absolute Gasteiger partial charge is 0.497 e. The Kier molecular flexibility index (Phi) is 5.03. The van der Waals surface area contributed by atoms with Crippen molar-refractivity contribution in [3.63, 3.8) is 0 Å². The van der Waals surface area contributed by atoms with Gasteiger partial charge in [-0.15, -0.1) is 11.3 Å². The molecule has 0 N–H and O–H groups in total. The number of alkyl halides is 3. The smallest absolute Gasteiger partial charge is 0.433 e. The van der Waals surface area contributed by atoms with Crippen LogP contribution in [-0.2, 0) is 19.0 Å². The van der Waals surface area contributed by atoms with Crippen molar-refractivity contribution in [3.8, 4) is 16.3 Å². The Morgan fingerprint density at radius 3 is 2.52 bits per heavy atom. The van der Waals surface area contributed by atoms with Crippen LogP contribution in [0.2, 0.25) is 0 Å². The topological polar surface area (TPSA) is 35.0 Å². The molecule has 0 atom stereocenters. The number of methoxy groups -OCH3 is 1. The Morgan fingerprint density at radius 2 is 1.84 bits per heavy atom. The summed E-state index contributed by atoms with van der Waals surface area (Å²) in [5.74, 6) is 0.777. The minimum absolute atomic E-state index is 0.484. The molecule has 25 heavy (non-hydrogen) atoms. The summed E-state index contributed by atoms with van der Waals surface area (Å²) in [5, 5.41) is 2.81. The Labute approximate surface area is 147 Å². The molecule has 0 radical (unpaired) electrons. The van der Waals surface area contributed by atoms with E-state index in [1.54, 1.807) is 13.2 Å². The third-order valence-corrected chi connectivity index (χ3v) is 4.61. The van der Waals surface area contributed by atoms with Crippen molar-refractivity contribution in [1.82, 2.24) is 9.97 Å². The molecule has 3 rings (SSSR count). The van der Waals surface area contributed by atoms with Crippen LogP contribution in [-0.4, -0.2) is 17.1 Å². The maximum absolute atomic E-state index is 12.7. The fraction of sp³-hybridized carbons (Fsp3) is 0.222. The molecule has 0 amide bonds. The average molecular weight is 364 g/mol. The number of aromatic nitrogens is 2. The monoisotopic (exact) mass is 364 g/mol. The van der Waals surface area contributed by atoms with Gasteiger partial charge in [-0.3, -0.25) is 4.98 Å². The Morgan fingerprint density at radius 1 is 1.08 bits per heavy atom. The molecule has 3 aromatic rings. The van der Waals surface area contributed by atoms with Gasteiger partial charge < -0.3 is 4.74 Å². The molecule has 7 heteroatoms. The van der Waals surface area contributed by atoms with Gasteiger partial charge >= 0.3 is 6.18 Å². The molecule has 0 spiro atoms. The lowest BCUT2D eigenvalue weighted by molar-refractivity contribution is -0.141. The number of nitrogens with zero attached hydrogens (tertiary/aromatic N) is 2. The van der Waals surface area contributed by atoms with Gasteiger partial charge in [-0.1, -0.05) is 0 Å². The molecular formula is C18H15F3N2OS. The summed E-state index contributed by atoms with van der Waals surface area (Å²) >= 11 is 1.51. The first-order valence-corrected chi connectivity index (χ1v) is 8.44. The van der Waals surface area contributed by atoms with E-state index in [4.69, 9.17) is 4.74 Å². The molecule has 0 unspecified atom stereocenters. The normalized spacial score (nSPS) is 11.5. The first-order valence-electron chi connectivity index (χ1n) is 7.56. The molecule has 130 valence electrons. The highest BCUT2D eigenvalue weighted by Gasteiger charge is 2.32. The van der Waals surface area contributed by atoms with Gasteiger partial charge in [-0.25, -0.2) is 4.98 Å². The average Bonchev–Trinajstić information content (AvgIpc) is 3.08. The summed E-state index contributed by atoms with van der Waals surface area (Å²) in [6.45, 7) is 0. The van der Waals surface area contributed by atoms with Gasteiger partial charge in [0.15, 0.2) is 0 Å². The van der Waals surface area contributed by atoms with Crippen molar-refractivity contribution in [2.45, 2.75) is 19.0 Å². The van der Waals surface area contributed by atoms with Crippen molar-refractivity contribution >= 4 is 11.3 Å². The number of pyridine rings is 1. The number of aryl methyl sites for hydroxylation is 2. The van der Waals surface area contributed by atoms with Gasteiger partial charge in [0.1, 0.15) is 16.5 Å². The highest BCUT2D eigenvalue weighted by atomic mass is 32.1. The Balaban J connectivity index is 1.67. The lowest BCUT2D eigenvalue weighted by atomic mass is 10.1. The summed E-state index contributed by atoms with van der Waals surface area (Å²) in [7, 11) is 1.61. The van der Waals surface area contributed by atoms with Gasteiger partial charge in [-0.05, 0) is 54.8 Å². The number of benzene rings is 1. The number of ether oxygens (including phenoxy) is 1. The molecule has 0 aliphatic rings. The fourth-order valence-corrected chi connectivity index (χ4v) is 3.21. The molecular weight excluding hydrogens is 349 g/mol. The molecule has 3 nitrogen and oxygen atoms in total. The van der Waals surface area contributed by atoms with Crippen molar-refractivity contribution in [2.75, 3.05) is 7.11 Å². The van der Waals surface area contributed by atoms with E-state index >= 15 is 0 Å². The third-order valence-electron chi connectivity index (χ3n) is 3.67. The minimum atomic E-state index is -4.42. The molecule has 0 aliphatic heterocycles. The number of hydrogen-bond acceptors (Lipinski definition) is 4. The zero-order valence-electron chi connectivity index (χ0n) is 13.4. The van der Waals surface area contributed by atoms with E-state index < -0.39 is 11.9 Å². The van der Waals surface area contributed by atoms with Gasteiger partial charge in [-0.2, -0.15) is 13.2 Å². The van der Waals surface area contributed by atoms with Gasteiger partial charge in [0.05, 0.1) is 12.8 Å². The van der Waals surface area contributed by atoms with E-state index in [0.717, 1.165) is 28.1 Å².